The van der Waals surface area contributed by atoms with Crippen molar-refractivity contribution in [2.45, 2.75) is 11.3 Å². The molecule has 0 unspecified atom stereocenters. The van der Waals surface area contributed by atoms with Crippen LogP contribution >= 0.6 is 0 Å². The molecular weight excluding hydrogens is 320 g/mol. The van der Waals surface area contributed by atoms with Crippen molar-refractivity contribution in [2.24, 2.45) is 4.40 Å². The van der Waals surface area contributed by atoms with Crippen LogP contribution in [0.15, 0.2) is 27.5 Å². The van der Waals surface area contributed by atoms with E-state index in [4.69, 9.17) is 4.74 Å². The molecule has 2 heterocycles. The first-order chi connectivity index (χ1) is 10.9. The van der Waals surface area contributed by atoms with E-state index in [9.17, 15) is 13.2 Å². The Labute approximate surface area is 134 Å². The number of urea groups is 1. The van der Waals surface area contributed by atoms with Crippen LogP contribution < -0.4 is 15.0 Å². The molecule has 0 atom stereocenters. The maximum atomic E-state index is 12.5. The maximum absolute atomic E-state index is 12.5. The van der Waals surface area contributed by atoms with Gasteiger partial charge < -0.3 is 14.5 Å². The second-order valence-corrected chi connectivity index (χ2v) is 7.12. The molecule has 0 spiro atoms. The smallest absolute Gasteiger partial charge is 0.322 e. The van der Waals surface area contributed by atoms with E-state index in [1.807, 2.05) is 11.9 Å². The van der Waals surface area contributed by atoms with E-state index >= 15 is 0 Å². The van der Waals surface area contributed by atoms with Gasteiger partial charge in [-0.2, -0.15) is 8.42 Å². The summed E-state index contributed by atoms with van der Waals surface area (Å²) in [4.78, 5) is 15.1. The number of nitrogens with one attached hydrogen (secondary N) is 1. The lowest BCUT2D eigenvalue weighted by Crippen LogP contribution is -2.47. The Morgan fingerprint density at radius 3 is 2.74 bits per heavy atom. The van der Waals surface area contributed by atoms with Gasteiger partial charge in [-0.15, -0.1) is 4.40 Å². The molecule has 2 aliphatic heterocycles. The van der Waals surface area contributed by atoms with E-state index in [1.165, 1.54) is 11.0 Å². The Morgan fingerprint density at radius 2 is 2.00 bits per heavy atom. The molecule has 0 saturated carbocycles. The average molecular weight is 338 g/mol. The molecule has 1 saturated heterocycles. The highest BCUT2D eigenvalue weighted by Crippen LogP contribution is 2.33. The van der Waals surface area contributed by atoms with Crippen LogP contribution in [0.25, 0.3) is 0 Å². The van der Waals surface area contributed by atoms with E-state index in [2.05, 4.69) is 9.71 Å². The fraction of sp³-hybridized carbons (Fsp3) is 0.429. The van der Waals surface area contributed by atoms with Crippen molar-refractivity contribution in [1.82, 2.24) is 10.2 Å². The molecule has 0 aliphatic carbocycles. The Balaban J connectivity index is 1.91. The number of amidine groups is 1. The zero-order chi connectivity index (χ0) is 16.6. The number of fused-ring (bicyclic) bond motifs is 1. The predicted octanol–water partition coefficient (Wildman–Crippen LogP) is 0.647. The van der Waals surface area contributed by atoms with Crippen LogP contribution in [0.1, 0.15) is 6.42 Å². The van der Waals surface area contributed by atoms with Gasteiger partial charge in [0.2, 0.25) is 0 Å². The quantitative estimate of drug-likeness (QED) is 0.855. The summed E-state index contributed by atoms with van der Waals surface area (Å²) >= 11 is 0. The molecule has 9 heteroatoms. The van der Waals surface area contributed by atoms with Crippen molar-refractivity contribution in [1.29, 1.82) is 0 Å². The van der Waals surface area contributed by atoms with Crippen molar-refractivity contribution < 1.29 is 17.9 Å². The summed E-state index contributed by atoms with van der Waals surface area (Å²) in [5.41, 5.74) is 0.713. The van der Waals surface area contributed by atoms with Crippen LogP contribution in [0.5, 0.6) is 5.75 Å². The van der Waals surface area contributed by atoms with Gasteiger partial charge in [0, 0.05) is 27.1 Å². The van der Waals surface area contributed by atoms with Gasteiger partial charge in [-0.05, 0) is 18.2 Å². The van der Waals surface area contributed by atoms with E-state index in [-0.39, 0.29) is 16.8 Å². The number of amides is 2. The number of benzene rings is 1. The van der Waals surface area contributed by atoms with Crippen molar-refractivity contribution in [3.63, 3.8) is 0 Å². The zero-order valence-electron chi connectivity index (χ0n) is 12.9. The van der Waals surface area contributed by atoms with Crippen LogP contribution in [0.4, 0.5) is 10.5 Å². The minimum atomic E-state index is -3.89. The first-order valence-electron chi connectivity index (χ1n) is 7.21. The van der Waals surface area contributed by atoms with Crippen LogP contribution in [-0.4, -0.2) is 59.0 Å². The molecule has 0 radical (unpaired) electrons. The number of carbonyl (C=O) groups excluding carboxylic acids is 1. The van der Waals surface area contributed by atoms with Gasteiger partial charge >= 0.3 is 6.03 Å². The molecule has 1 fully saturated rings. The summed E-state index contributed by atoms with van der Waals surface area (Å²) in [5.74, 6) is 0.813. The molecule has 1 N–H and O–H groups in total. The Morgan fingerprint density at radius 1 is 1.22 bits per heavy atom. The summed E-state index contributed by atoms with van der Waals surface area (Å²) in [6.07, 6.45) is 0.370. The highest BCUT2D eigenvalue weighted by atomic mass is 32.2. The molecule has 3 rings (SSSR count). The SMILES string of the molecule is CN1CC/C(=N\S(=O)(=O)c2ccc3c(c2)N(C)CCO3)NC1=O. The van der Waals surface area contributed by atoms with E-state index in [1.54, 1.807) is 19.2 Å². The van der Waals surface area contributed by atoms with Gasteiger partial charge in [0.1, 0.15) is 18.2 Å². The number of rotatable bonds is 2. The highest BCUT2D eigenvalue weighted by molar-refractivity contribution is 7.90. The summed E-state index contributed by atoms with van der Waals surface area (Å²) in [5, 5.41) is 2.49. The highest BCUT2D eigenvalue weighted by Gasteiger charge is 2.24. The largest absolute Gasteiger partial charge is 0.490 e. The number of hydrogen-bond acceptors (Lipinski definition) is 5. The lowest BCUT2D eigenvalue weighted by Gasteiger charge is -2.28. The van der Waals surface area contributed by atoms with Crippen LogP contribution in [0, 0.1) is 0 Å². The summed E-state index contributed by atoms with van der Waals surface area (Å²) < 4.78 is 34.2. The van der Waals surface area contributed by atoms with E-state index in [0.717, 1.165) is 0 Å². The number of anilines is 1. The third-order valence-electron chi connectivity index (χ3n) is 3.84. The number of ether oxygens (including phenoxy) is 1. The third kappa shape index (κ3) is 3.09. The summed E-state index contributed by atoms with van der Waals surface area (Å²) in [7, 11) is -0.371. The number of likely N-dealkylation sites (N-methyl/N-ethyl adjacent to an activating group) is 1. The first kappa shape index (κ1) is 15.6. The Bertz CT molecular complexity index is 775. The van der Waals surface area contributed by atoms with Crippen molar-refractivity contribution in [3.8, 4) is 5.75 Å². The minimum absolute atomic E-state index is 0.0780. The van der Waals surface area contributed by atoms with Gasteiger partial charge in [0.05, 0.1) is 17.1 Å². The minimum Gasteiger partial charge on any atom is -0.490 e. The Hall–Kier alpha value is -2.29. The molecular formula is C14H18N4O4S. The van der Waals surface area contributed by atoms with Gasteiger partial charge in [-0.3, -0.25) is 5.32 Å². The predicted molar refractivity (Wildman–Crippen MR) is 85.6 cm³/mol. The standard InChI is InChI=1S/C14H18N4O4S/c1-17-7-8-22-12-4-3-10(9-11(12)17)23(20,21)16-13-5-6-18(2)14(19)15-13/h3-4,9H,5-8H2,1-2H3,(H,15,16,19). The summed E-state index contributed by atoms with van der Waals surface area (Å²) in [6, 6.07) is 4.29. The second kappa shape index (κ2) is 5.73. The van der Waals surface area contributed by atoms with Crippen molar-refractivity contribution in [2.75, 3.05) is 38.7 Å². The molecule has 2 aliphatic rings. The maximum Gasteiger partial charge on any atom is 0.322 e. The fourth-order valence-corrected chi connectivity index (χ4v) is 3.45. The number of carbonyl (C=O) groups is 1. The van der Waals surface area contributed by atoms with Crippen LogP contribution in [0.2, 0.25) is 0 Å². The van der Waals surface area contributed by atoms with Gasteiger partial charge in [-0.1, -0.05) is 0 Å². The van der Waals surface area contributed by atoms with Crippen LogP contribution in [-0.2, 0) is 10.0 Å². The first-order valence-corrected chi connectivity index (χ1v) is 8.65. The van der Waals surface area contributed by atoms with E-state index in [0.29, 0.717) is 37.6 Å². The number of nitrogens with zero attached hydrogens (tertiary/aromatic N) is 3. The molecule has 8 nitrogen and oxygen atoms in total. The number of hydrogen-bond donors (Lipinski definition) is 1. The Kier molecular flexibility index (Phi) is 3.88. The van der Waals surface area contributed by atoms with Crippen LogP contribution in [0.3, 0.4) is 0 Å². The summed E-state index contributed by atoms with van der Waals surface area (Å²) in [6.45, 7) is 1.69. The molecule has 124 valence electrons. The zero-order valence-corrected chi connectivity index (χ0v) is 13.8. The molecule has 0 aromatic heterocycles. The molecule has 1 aromatic rings. The molecule has 1 aromatic carbocycles. The van der Waals surface area contributed by atoms with Crippen molar-refractivity contribution in [3.05, 3.63) is 18.2 Å². The fourth-order valence-electron chi connectivity index (χ4n) is 2.41. The molecule has 23 heavy (non-hydrogen) atoms. The van der Waals surface area contributed by atoms with Crippen molar-refractivity contribution >= 4 is 27.6 Å². The third-order valence-corrected chi connectivity index (χ3v) is 5.15. The lowest BCUT2D eigenvalue weighted by atomic mass is 10.2. The van der Waals surface area contributed by atoms with Gasteiger partial charge in [-0.25, -0.2) is 4.79 Å². The average Bonchev–Trinajstić information content (AvgIpc) is 2.51. The van der Waals surface area contributed by atoms with Gasteiger partial charge in [0.15, 0.2) is 0 Å². The monoisotopic (exact) mass is 338 g/mol. The normalized spacial score (nSPS) is 20.1. The molecule has 2 amide bonds. The van der Waals surface area contributed by atoms with E-state index < -0.39 is 10.0 Å². The number of sulfonamides is 1. The second-order valence-electron chi connectivity index (χ2n) is 5.51. The lowest BCUT2D eigenvalue weighted by molar-refractivity contribution is 0.211. The molecule has 0 bridgehead atoms. The topological polar surface area (TPSA) is 91.3 Å². The van der Waals surface area contributed by atoms with Gasteiger partial charge in [0.25, 0.3) is 10.0 Å².